The van der Waals surface area contributed by atoms with Crippen LogP contribution in [0.25, 0.3) is 16.5 Å². The molecule has 0 saturated heterocycles. The van der Waals surface area contributed by atoms with Gasteiger partial charge in [0, 0.05) is 30.2 Å². The van der Waals surface area contributed by atoms with E-state index in [2.05, 4.69) is 58.6 Å². The zero-order chi connectivity index (χ0) is 18.5. The van der Waals surface area contributed by atoms with Crippen LogP contribution in [0.3, 0.4) is 0 Å². The van der Waals surface area contributed by atoms with E-state index >= 15 is 0 Å². The summed E-state index contributed by atoms with van der Waals surface area (Å²) in [6, 6.07) is 16.8. The van der Waals surface area contributed by atoms with Crippen molar-refractivity contribution in [1.82, 2.24) is 9.88 Å². The van der Waals surface area contributed by atoms with E-state index in [0.29, 0.717) is 0 Å². The van der Waals surface area contributed by atoms with Crippen molar-refractivity contribution in [3.8, 4) is 0 Å². The number of aryl methyl sites for hydroxylation is 1. The number of aliphatic hydroxyl groups is 1. The lowest BCUT2D eigenvalue weighted by Crippen LogP contribution is -2.29. The van der Waals surface area contributed by atoms with E-state index in [9.17, 15) is 5.11 Å². The van der Waals surface area contributed by atoms with Gasteiger partial charge in [-0.1, -0.05) is 48.5 Å². The molecule has 0 spiro atoms. The van der Waals surface area contributed by atoms with Gasteiger partial charge in [-0.3, -0.25) is 4.90 Å². The average Bonchev–Trinajstić information content (AvgIpc) is 3.15. The molecule has 0 aliphatic carbocycles. The molecule has 1 aromatic heterocycles. The van der Waals surface area contributed by atoms with Crippen LogP contribution in [0, 0.1) is 0 Å². The molecule has 2 aromatic carbocycles. The van der Waals surface area contributed by atoms with Crippen LogP contribution in [0.2, 0.25) is 0 Å². The number of hydrogen-bond donors (Lipinski definition) is 2. The van der Waals surface area contributed by atoms with Crippen LogP contribution in [0.15, 0.2) is 60.8 Å². The van der Waals surface area contributed by atoms with Gasteiger partial charge >= 0.3 is 0 Å². The molecule has 0 fully saturated rings. The molecule has 0 amide bonds. The van der Waals surface area contributed by atoms with Crippen LogP contribution in [0.4, 0.5) is 0 Å². The van der Waals surface area contributed by atoms with Gasteiger partial charge in [0.2, 0.25) is 0 Å². The summed E-state index contributed by atoms with van der Waals surface area (Å²) >= 11 is 0. The lowest BCUT2D eigenvalue weighted by Gasteiger charge is -2.26. The van der Waals surface area contributed by atoms with Crippen molar-refractivity contribution in [2.45, 2.75) is 32.3 Å². The third-order valence-electron chi connectivity index (χ3n) is 5.65. The molecule has 2 N–H and O–H groups in total. The molecule has 3 aromatic rings. The number of aliphatic hydroxyl groups excluding tert-OH is 1. The van der Waals surface area contributed by atoms with Gasteiger partial charge in [0.1, 0.15) is 0 Å². The quantitative estimate of drug-likeness (QED) is 0.596. The smallest absolute Gasteiger partial charge is 0.0688 e. The third-order valence-corrected chi connectivity index (χ3v) is 5.65. The van der Waals surface area contributed by atoms with Crippen molar-refractivity contribution >= 4 is 16.5 Å². The Morgan fingerprint density at radius 3 is 2.63 bits per heavy atom. The summed E-state index contributed by atoms with van der Waals surface area (Å²) in [5, 5.41) is 10.8. The molecule has 140 valence electrons. The normalized spacial score (nSPS) is 15.2. The Hall–Kier alpha value is -2.36. The van der Waals surface area contributed by atoms with E-state index in [-0.39, 0.29) is 6.61 Å². The molecular weight excluding hydrogens is 332 g/mol. The fraction of sp³-hybridized carbons (Fsp3) is 0.333. The highest BCUT2D eigenvalue weighted by atomic mass is 16.3. The Morgan fingerprint density at radius 1 is 0.963 bits per heavy atom. The standard InChI is InChI=1S/C24H28N2O/c27-18-22-10-6-11-23-24(22)21(17-25-23)9-4-5-14-26-15-12-20(13-16-26)19-7-2-1-3-8-19/h1-3,6-8,10-12,17,25,27H,4-5,9,13-16,18H2. The molecule has 0 unspecified atom stereocenters. The molecule has 3 nitrogen and oxygen atoms in total. The van der Waals surface area contributed by atoms with Crippen LogP contribution in [-0.2, 0) is 13.0 Å². The third kappa shape index (κ3) is 4.15. The highest BCUT2D eigenvalue weighted by Crippen LogP contribution is 2.25. The van der Waals surface area contributed by atoms with Gasteiger partial charge < -0.3 is 10.1 Å². The molecule has 0 radical (unpaired) electrons. The molecule has 0 bridgehead atoms. The number of nitrogens with zero attached hydrogens (tertiary/aromatic N) is 1. The first-order chi connectivity index (χ1) is 13.3. The second kappa shape index (κ2) is 8.55. The predicted molar refractivity (Wildman–Crippen MR) is 113 cm³/mol. The molecule has 2 heterocycles. The van der Waals surface area contributed by atoms with E-state index in [1.54, 1.807) is 0 Å². The van der Waals surface area contributed by atoms with Crippen LogP contribution in [-0.4, -0.2) is 34.6 Å². The van der Waals surface area contributed by atoms with Crippen molar-refractivity contribution in [1.29, 1.82) is 0 Å². The first-order valence-electron chi connectivity index (χ1n) is 10.0. The fourth-order valence-corrected chi connectivity index (χ4v) is 4.15. The molecule has 1 aliphatic rings. The van der Waals surface area contributed by atoms with Crippen molar-refractivity contribution < 1.29 is 5.11 Å². The van der Waals surface area contributed by atoms with Gasteiger partial charge in [-0.15, -0.1) is 0 Å². The summed E-state index contributed by atoms with van der Waals surface area (Å²) in [5.74, 6) is 0. The van der Waals surface area contributed by atoms with Crippen LogP contribution in [0.5, 0.6) is 0 Å². The number of rotatable bonds is 7. The molecule has 1 aliphatic heterocycles. The SMILES string of the molecule is OCc1cccc2[nH]cc(CCCCN3CC=C(c4ccccc4)CC3)c12. The van der Waals surface area contributed by atoms with Gasteiger partial charge in [-0.25, -0.2) is 0 Å². The number of aromatic amines is 1. The Labute approximate surface area is 161 Å². The van der Waals surface area contributed by atoms with Gasteiger partial charge in [0.15, 0.2) is 0 Å². The molecule has 27 heavy (non-hydrogen) atoms. The number of benzene rings is 2. The number of H-pyrrole nitrogens is 1. The van der Waals surface area contributed by atoms with Gasteiger partial charge in [0.05, 0.1) is 6.61 Å². The Kier molecular flexibility index (Phi) is 5.71. The van der Waals surface area contributed by atoms with Crippen molar-refractivity contribution in [2.75, 3.05) is 19.6 Å². The van der Waals surface area contributed by atoms with Gasteiger partial charge in [-0.2, -0.15) is 0 Å². The summed E-state index contributed by atoms with van der Waals surface area (Å²) in [5.41, 5.74) is 6.35. The van der Waals surface area contributed by atoms with Crippen LogP contribution >= 0.6 is 0 Å². The number of aromatic nitrogens is 1. The first-order valence-corrected chi connectivity index (χ1v) is 10.0. The Bertz CT molecular complexity index is 911. The molecule has 0 atom stereocenters. The lowest BCUT2D eigenvalue weighted by atomic mass is 9.99. The molecule has 0 saturated carbocycles. The maximum atomic E-state index is 9.60. The number of unbranched alkanes of at least 4 members (excludes halogenated alkanes) is 1. The minimum atomic E-state index is 0.103. The topological polar surface area (TPSA) is 39.3 Å². The Morgan fingerprint density at radius 2 is 1.85 bits per heavy atom. The maximum Gasteiger partial charge on any atom is 0.0688 e. The second-order valence-corrected chi connectivity index (χ2v) is 7.41. The van der Waals surface area contributed by atoms with E-state index in [1.165, 1.54) is 34.9 Å². The van der Waals surface area contributed by atoms with E-state index < -0.39 is 0 Å². The summed E-state index contributed by atoms with van der Waals surface area (Å²) in [6.45, 7) is 3.48. The minimum Gasteiger partial charge on any atom is -0.392 e. The monoisotopic (exact) mass is 360 g/mol. The zero-order valence-corrected chi connectivity index (χ0v) is 15.8. The highest BCUT2D eigenvalue weighted by Gasteiger charge is 2.13. The number of hydrogen-bond acceptors (Lipinski definition) is 2. The van der Waals surface area contributed by atoms with E-state index in [0.717, 1.165) is 43.6 Å². The zero-order valence-electron chi connectivity index (χ0n) is 15.8. The van der Waals surface area contributed by atoms with Gasteiger partial charge in [0.25, 0.3) is 0 Å². The second-order valence-electron chi connectivity index (χ2n) is 7.41. The van der Waals surface area contributed by atoms with Crippen LogP contribution < -0.4 is 0 Å². The Balaban J connectivity index is 1.27. The molecule has 4 rings (SSSR count). The largest absolute Gasteiger partial charge is 0.392 e. The van der Waals surface area contributed by atoms with Crippen LogP contribution in [0.1, 0.15) is 36.0 Å². The number of nitrogens with one attached hydrogen (secondary N) is 1. The van der Waals surface area contributed by atoms with E-state index in [4.69, 9.17) is 0 Å². The van der Waals surface area contributed by atoms with Crippen molar-refractivity contribution in [3.63, 3.8) is 0 Å². The summed E-state index contributed by atoms with van der Waals surface area (Å²) in [4.78, 5) is 5.90. The lowest BCUT2D eigenvalue weighted by molar-refractivity contribution is 0.283. The summed E-state index contributed by atoms with van der Waals surface area (Å²) in [6.07, 6.45) is 9.11. The highest BCUT2D eigenvalue weighted by molar-refractivity contribution is 5.86. The molecular formula is C24H28N2O. The molecule has 3 heteroatoms. The minimum absolute atomic E-state index is 0.103. The van der Waals surface area contributed by atoms with Crippen molar-refractivity contribution in [3.05, 3.63) is 77.5 Å². The average molecular weight is 361 g/mol. The number of fused-ring (bicyclic) bond motifs is 1. The van der Waals surface area contributed by atoms with Crippen molar-refractivity contribution in [2.24, 2.45) is 0 Å². The first kappa shape index (κ1) is 18.0. The van der Waals surface area contributed by atoms with Gasteiger partial charge in [-0.05, 0) is 60.6 Å². The fourth-order valence-electron chi connectivity index (χ4n) is 4.15. The summed E-state index contributed by atoms with van der Waals surface area (Å²) < 4.78 is 0. The predicted octanol–water partition coefficient (Wildman–Crippen LogP) is 4.77. The summed E-state index contributed by atoms with van der Waals surface area (Å²) in [7, 11) is 0. The maximum absolute atomic E-state index is 9.60. The van der Waals surface area contributed by atoms with E-state index in [1.807, 2.05) is 12.1 Å².